The van der Waals surface area contributed by atoms with E-state index in [1.807, 2.05) is 0 Å². The van der Waals surface area contributed by atoms with E-state index in [1.54, 1.807) is 0 Å². The van der Waals surface area contributed by atoms with Crippen molar-refractivity contribution in [3.05, 3.63) is 0 Å². The fourth-order valence-corrected chi connectivity index (χ4v) is 0.472. The number of carbonyl (C=O) groups excluding carboxylic acids is 1. The minimum absolute atomic E-state index is 0.475. The minimum Gasteiger partial charge on any atom is -0.253 e. The van der Waals surface area contributed by atoms with Crippen LogP contribution >= 0.6 is 58.0 Å². The molecule has 0 aliphatic rings. The van der Waals surface area contributed by atoms with E-state index in [4.69, 9.17) is 58.0 Å². The summed E-state index contributed by atoms with van der Waals surface area (Å²) in [4.78, 5) is 13.0. The maximum atomic E-state index is 10.0. The molecule has 0 radical (unpaired) electrons. The van der Waals surface area contributed by atoms with Gasteiger partial charge >= 0.3 is 5.37 Å². The number of carbonyl (C=O) groups is 1. The highest BCUT2D eigenvalue weighted by atomic mass is 35.6. The van der Waals surface area contributed by atoms with Crippen molar-refractivity contribution in [2.75, 3.05) is 0 Å². The molecule has 1 amide bonds. The number of hydrogen-bond acceptors (Lipinski definition) is 1. The van der Waals surface area contributed by atoms with E-state index < -0.39 is 14.3 Å². The second kappa shape index (κ2) is 3.98. The lowest BCUT2D eigenvalue weighted by molar-refractivity contribution is 0.266. The van der Waals surface area contributed by atoms with Crippen molar-refractivity contribution >= 4 is 68.5 Å². The summed E-state index contributed by atoms with van der Waals surface area (Å²) < 4.78 is -1.88. The van der Waals surface area contributed by atoms with Gasteiger partial charge in [-0.15, -0.1) is 0 Å². The van der Waals surface area contributed by atoms with Crippen molar-refractivity contribution in [3.63, 3.8) is 0 Å². The molecule has 0 aromatic heterocycles. The fraction of sp³-hybridized carbons (Fsp3) is 0.333. The Morgan fingerprint density at radius 1 is 1.20 bits per heavy atom. The van der Waals surface area contributed by atoms with E-state index in [9.17, 15) is 4.79 Å². The molecule has 0 aliphatic heterocycles. The molecule has 0 spiro atoms. The summed E-state index contributed by atoms with van der Waals surface area (Å²) in [5.74, 6) is 0. The molecule has 0 N–H and O–H groups in total. The van der Waals surface area contributed by atoms with E-state index in [0.29, 0.717) is 0 Å². The first kappa shape index (κ1) is 10.8. The molecule has 0 aromatic rings. The van der Waals surface area contributed by atoms with Gasteiger partial charge in [0.15, 0.2) is 5.17 Å². The molecule has 2 nitrogen and oxygen atoms in total. The Morgan fingerprint density at radius 3 is 1.70 bits per heavy atom. The summed E-state index contributed by atoms with van der Waals surface area (Å²) in [6.07, 6.45) is 0. The molecule has 0 aromatic carbocycles. The van der Waals surface area contributed by atoms with Crippen molar-refractivity contribution in [1.29, 1.82) is 0 Å². The maximum Gasteiger partial charge on any atom is 0.340 e. The van der Waals surface area contributed by atoms with E-state index in [0.717, 1.165) is 0 Å². The number of aliphatic imine (C=N–C) groups is 1. The molecular weight excluding hydrogens is 243 g/mol. The predicted molar refractivity (Wildman–Crippen MR) is 44.8 cm³/mol. The molecule has 0 fully saturated rings. The molecule has 0 heterocycles. The summed E-state index contributed by atoms with van der Waals surface area (Å²) >= 11 is 25.5. The quantitative estimate of drug-likeness (QED) is 0.278. The van der Waals surface area contributed by atoms with Crippen LogP contribution in [0.1, 0.15) is 0 Å². The van der Waals surface area contributed by atoms with Gasteiger partial charge in [-0.25, -0.2) is 0 Å². The number of amides is 1. The van der Waals surface area contributed by atoms with Crippen LogP contribution in [0.3, 0.4) is 0 Å². The van der Waals surface area contributed by atoms with Gasteiger partial charge in [-0.2, -0.15) is 4.99 Å². The van der Waals surface area contributed by atoms with Gasteiger partial charge in [-0.1, -0.05) is 46.4 Å². The van der Waals surface area contributed by atoms with Crippen LogP contribution in [0.2, 0.25) is 0 Å². The lowest BCUT2D eigenvalue weighted by atomic mass is 10.8. The fourth-order valence-electron chi connectivity index (χ4n) is 0.141. The second-order valence-corrected chi connectivity index (χ2v) is 4.12. The molecule has 7 heteroatoms. The average Bonchev–Trinajstić information content (AvgIpc) is 1.60. The monoisotopic (exact) mass is 241 g/mol. The Kier molecular flexibility index (Phi) is 4.29. The number of hydrogen-bond donors (Lipinski definition) is 0. The summed E-state index contributed by atoms with van der Waals surface area (Å²) in [6, 6.07) is 0. The molecular formula is C3Cl5NO. The van der Waals surface area contributed by atoms with Gasteiger partial charge < -0.3 is 0 Å². The smallest absolute Gasteiger partial charge is 0.253 e. The van der Waals surface area contributed by atoms with Crippen LogP contribution in [0.5, 0.6) is 0 Å². The molecule has 10 heavy (non-hydrogen) atoms. The second-order valence-electron chi connectivity index (χ2n) is 1.15. The lowest BCUT2D eigenvalue weighted by Gasteiger charge is -2.05. The Morgan fingerprint density at radius 2 is 1.60 bits per heavy atom. The zero-order valence-corrected chi connectivity index (χ0v) is 8.02. The first-order valence-corrected chi connectivity index (χ1v) is 3.74. The van der Waals surface area contributed by atoms with Crippen LogP contribution in [0, 0.1) is 0 Å². The first-order valence-electron chi connectivity index (χ1n) is 1.85. The van der Waals surface area contributed by atoms with Crippen molar-refractivity contribution < 1.29 is 4.79 Å². The van der Waals surface area contributed by atoms with Gasteiger partial charge in [0, 0.05) is 0 Å². The number of nitrogens with zero attached hydrogens (tertiary/aromatic N) is 1. The Labute approximate surface area is 82.0 Å². The molecule has 0 bridgehead atoms. The summed E-state index contributed by atoms with van der Waals surface area (Å²) in [6.45, 7) is 0. The van der Waals surface area contributed by atoms with Gasteiger partial charge in [0.1, 0.15) is 0 Å². The topological polar surface area (TPSA) is 29.4 Å². The molecule has 0 atom stereocenters. The van der Waals surface area contributed by atoms with Crippen molar-refractivity contribution in [2.24, 2.45) is 4.99 Å². The van der Waals surface area contributed by atoms with E-state index in [-0.39, 0.29) is 0 Å². The summed E-state index contributed by atoms with van der Waals surface area (Å²) in [7, 11) is 0. The molecule has 58 valence electrons. The third-order valence-electron chi connectivity index (χ3n) is 0.420. The summed E-state index contributed by atoms with van der Waals surface area (Å²) in [5.41, 5.74) is 0. The van der Waals surface area contributed by atoms with Crippen LogP contribution in [-0.2, 0) is 0 Å². The van der Waals surface area contributed by atoms with Crippen LogP contribution in [0.4, 0.5) is 4.79 Å². The standard InChI is InChI=1S/C3Cl5NO/c4-1(3(6,7)8)9-2(5)10. The molecule has 0 saturated heterocycles. The Bertz CT molecular complexity index is 170. The van der Waals surface area contributed by atoms with Crippen LogP contribution in [0.25, 0.3) is 0 Å². The first-order chi connectivity index (χ1) is 4.34. The zero-order chi connectivity index (χ0) is 8.36. The van der Waals surface area contributed by atoms with Crippen molar-refractivity contribution in [3.8, 4) is 0 Å². The van der Waals surface area contributed by atoms with Crippen LogP contribution in [-0.4, -0.2) is 14.3 Å². The predicted octanol–water partition coefficient (Wildman–Crippen LogP) is 3.35. The number of rotatable bonds is 0. The van der Waals surface area contributed by atoms with E-state index in [1.165, 1.54) is 0 Å². The number of halogens is 5. The van der Waals surface area contributed by atoms with E-state index >= 15 is 0 Å². The third kappa shape index (κ3) is 4.58. The highest BCUT2D eigenvalue weighted by molar-refractivity contribution is 6.90. The molecule has 0 aliphatic carbocycles. The van der Waals surface area contributed by atoms with Crippen molar-refractivity contribution in [2.45, 2.75) is 3.79 Å². The minimum atomic E-state index is -1.88. The largest absolute Gasteiger partial charge is 0.340 e. The van der Waals surface area contributed by atoms with E-state index in [2.05, 4.69) is 4.99 Å². The maximum absolute atomic E-state index is 10.0. The normalized spacial score (nSPS) is 13.5. The molecule has 0 unspecified atom stereocenters. The highest BCUT2D eigenvalue weighted by Gasteiger charge is 2.26. The molecule has 0 rings (SSSR count). The van der Waals surface area contributed by atoms with Gasteiger partial charge in [-0.3, -0.25) is 4.79 Å². The SMILES string of the molecule is O=C(Cl)N=C(Cl)C(Cl)(Cl)Cl. The van der Waals surface area contributed by atoms with Crippen LogP contribution < -0.4 is 0 Å². The van der Waals surface area contributed by atoms with Gasteiger partial charge in [0.05, 0.1) is 0 Å². The van der Waals surface area contributed by atoms with Crippen LogP contribution in [0.15, 0.2) is 4.99 Å². The third-order valence-corrected chi connectivity index (χ3v) is 1.70. The summed E-state index contributed by atoms with van der Waals surface area (Å²) in [5, 5.41) is -1.51. The highest BCUT2D eigenvalue weighted by Crippen LogP contribution is 2.29. The number of alkyl halides is 3. The van der Waals surface area contributed by atoms with Gasteiger partial charge in [0.2, 0.25) is 3.79 Å². The van der Waals surface area contributed by atoms with Gasteiger partial charge in [0.25, 0.3) is 0 Å². The Hall–Kier alpha value is 0.790. The lowest BCUT2D eigenvalue weighted by Crippen LogP contribution is -2.13. The average molecular weight is 243 g/mol. The van der Waals surface area contributed by atoms with Crippen molar-refractivity contribution in [1.82, 2.24) is 0 Å². The zero-order valence-electron chi connectivity index (χ0n) is 4.25. The molecule has 0 saturated carbocycles. The van der Waals surface area contributed by atoms with Gasteiger partial charge in [-0.05, 0) is 11.6 Å². The Balaban J connectivity index is 4.35.